The average molecular weight is 404 g/mol. The van der Waals surface area contributed by atoms with Crippen molar-refractivity contribution >= 4 is 0 Å². The van der Waals surface area contributed by atoms with Gasteiger partial charge in [0, 0.05) is 13.1 Å². The first kappa shape index (κ1) is 20.0. The lowest BCUT2D eigenvalue weighted by Crippen LogP contribution is -2.05. The van der Waals surface area contributed by atoms with Crippen molar-refractivity contribution in [3.63, 3.8) is 0 Å². The van der Waals surface area contributed by atoms with Crippen LogP contribution in [-0.4, -0.2) is 20.0 Å². The third-order valence-electron chi connectivity index (χ3n) is 5.48. The van der Waals surface area contributed by atoms with Crippen molar-refractivity contribution in [3.05, 3.63) is 71.6 Å². The molecule has 0 unspecified atom stereocenters. The summed E-state index contributed by atoms with van der Waals surface area (Å²) < 4.78 is 22.1. The van der Waals surface area contributed by atoms with Gasteiger partial charge < -0.3 is 4.42 Å². The number of aromatic nitrogens is 4. The van der Waals surface area contributed by atoms with Crippen molar-refractivity contribution in [2.24, 2.45) is 0 Å². The van der Waals surface area contributed by atoms with Gasteiger partial charge >= 0.3 is 0 Å². The molecule has 30 heavy (non-hydrogen) atoms. The van der Waals surface area contributed by atoms with Crippen molar-refractivity contribution in [3.8, 4) is 28.3 Å². The predicted octanol–water partition coefficient (Wildman–Crippen LogP) is 6.25. The SMILES string of the molecule is CCC(CC)c1ccc(-c2ccc(-c3nnc(C)o3)c(F)c2)cc1-n1ccc(C)n1. The zero-order chi connectivity index (χ0) is 21.3. The van der Waals surface area contributed by atoms with Gasteiger partial charge in [0.15, 0.2) is 0 Å². The minimum absolute atomic E-state index is 0.188. The zero-order valence-corrected chi connectivity index (χ0v) is 17.7. The van der Waals surface area contributed by atoms with Gasteiger partial charge in [-0.05, 0) is 66.6 Å². The number of hydrogen-bond donors (Lipinski definition) is 0. The molecular formula is C24H25FN4O. The van der Waals surface area contributed by atoms with Gasteiger partial charge in [0.1, 0.15) is 5.82 Å². The van der Waals surface area contributed by atoms with E-state index in [1.807, 2.05) is 29.9 Å². The summed E-state index contributed by atoms with van der Waals surface area (Å²) in [4.78, 5) is 0. The molecule has 0 aliphatic rings. The molecule has 2 aromatic carbocycles. The number of halogens is 1. The fourth-order valence-electron chi connectivity index (χ4n) is 3.82. The molecule has 0 radical (unpaired) electrons. The third kappa shape index (κ3) is 3.77. The van der Waals surface area contributed by atoms with Gasteiger partial charge in [-0.15, -0.1) is 10.2 Å². The second kappa shape index (κ2) is 8.22. The van der Waals surface area contributed by atoms with Gasteiger partial charge in [0.25, 0.3) is 5.89 Å². The van der Waals surface area contributed by atoms with Crippen LogP contribution in [-0.2, 0) is 0 Å². The van der Waals surface area contributed by atoms with E-state index in [2.05, 4.69) is 47.3 Å². The van der Waals surface area contributed by atoms with Crippen molar-refractivity contribution in [1.29, 1.82) is 0 Å². The number of benzene rings is 2. The number of rotatable bonds is 6. The van der Waals surface area contributed by atoms with Crippen LogP contribution in [0.25, 0.3) is 28.3 Å². The first-order valence-electron chi connectivity index (χ1n) is 10.3. The summed E-state index contributed by atoms with van der Waals surface area (Å²) in [6, 6.07) is 13.4. The molecule has 5 nitrogen and oxygen atoms in total. The Labute approximate surface area is 175 Å². The molecule has 2 heterocycles. The maximum atomic E-state index is 14.8. The van der Waals surface area contributed by atoms with Crippen LogP contribution in [0.3, 0.4) is 0 Å². The minimum atomic E-state index is -0.392. The fourth-order valence-corrected chi connectivity index (χ4v) is 3.82. The normalized spacial score (nSPS) is 11.4. The van der Waals surface area contributed by atoms with E-state index in [9.17, 15) is 4.39 Å². The Morgan fingerprint density at radius 3 is 2.30 bits per heavy atom. The lowest BCUT2D eigenvalue weighted by atomic mass is 9.90. The summed E-state index contributed by atoms with van der Waals surface area (Å²) >= 11 is 0. The lowest BCUT2D eigenvalue weighted by molar-refractivity contribution is 0.526. The van der Waals surface area contributed by atoms with Crippen molar-refractivity contribution in [1.82, 2.24) is 20.0 Å². The molecule has 0 saturated heterocycles. The van der Waals surface area contributed by atoms with Gasteiger partial charge in [-0.1, -0.05) is 32.0 Å². The Hall–Kier alpha value is -3.28. The van der Waals surface area contributed by atoms with Crippen LogP contribution < -0.4 is 0 Å². The second-order valence-corrected chi connectivity index (χ2v) is 7.51. The molecule has 0 atom stereocenters. The summed E-state index contributed by atoms with van der Waals surface area (Å²) in [5.41, 5.74) is 5.27. The first-order valence-corrected chi connectivity index (χ1v) is 10.3. The Kier molecular flexibility index (Phi) is 5.48. The van der Waals surface area contributed by atoms with E-state index >= 15 is 0 Å². The topological polar surface area (TPSA) is 56.7 Å². The summed E-state index contributed by atoms with van der Waals surface area (Å²) in [7, 11) is 0. The molecule has 0 bridgehead atoms. The van der Waals surface area contributed by atoms with Gasteiger partial charge in [-0.3, -0.25) is 0 Å². The third-order valence-corrected chi connectivity index (χ3v) is 5.48. The van der Waals surface area contributed by atoms with E-state index in [4.69, 9.17) is 4.42 Å². The first-order chi connectivity index (χ1) is 14.5. The highest BCUT2D eigenvalue weighted by atomic mass is 19.1. The number of nitrogens with zero attached hydrogens (tertiary/aromatic N) is 4. The summed E-state index contributed by atoms with van der Waals surface area (Å²) in [5.74, 6) is 0.646. The highest BCUT2D eigenvalue weighted by Gasteiger charge is 2.17. The maximum absolute atomic E-state index is 14.8. The van der Waals surface area contributed by atoms with Crippen LogP contribution in [0, 0.1) is 19.7 Å². The van der Waals surface area contributed by atoms with Crippen molar-refractivity contribution in [2.45, 2.75) is 46.5 Å². The minimum Gasteiger partial charge on any atom is -0.421 e. The van der Waals surface area contributed by atoms with E-state index < -0.39 is 5.82 Å². The van der Waals surface area contributed by atoms with E-state index in [-0.39, 0.29) is 5.89 Å². The van der Waals surface area contributed by atoms with E-state index in [0.717, 1.165) is 35.3 Å². The fraction of sp³-hybridized carbons (Fsp3) is 0.292. The van der Waals surface area contributed by atoms with E-state index in [1.165, 1.54) is 11.6 Å². The summed E-state index contributed by atoms with van der Waals surface area (Å²) in [6.07, 6.45) is 4.08. The number of hydrogen-bond acceptors (Lipinski definition) is 4. The quantitative estimate of drug-likeness (QED) is 0.381. The molecule has 6 heteroatoms. The van der Waals surface area contributed by atoms with Gasteiger partial charge in [-0.2, -0.15) is 5.10 Å². The van der Waals surface area contributed by atoms with Crippen LogP contribution >= 0.6 is 0 Å². The molecule has 0 fully saturated rings. The molecule has 2 aromatic heterocycles. The van der Waals surface area contributed by atoms with Crippen LogP contribution in [0.2, 0.25) is 0 Å². The van der Waals surface area contributed by atoms with Crippen LogP contribution in [0.15, 0.2) is 53.1 Å². The Bertz CT molecular complexity index is 1170. The molecule has 0 aliphatic heterocycles. The monoisotopic (exact) mass is 404 g/mol. The van der Waals surface area contributed by atoms with Crippen molar-refractivity contribution in [2.75, 3.05) is 0 Å². The molecule has 4 rings (SSSR count). The standard InChI is InChI=1S/C24H25FN4O/c1-5-17(6-2)20-9-7-19(14-23(20)29-12-11-15(3)28-29)18-8-10-21(22(25)13-18)24-27-26-16(4)30-24/h7-14,17H,5-6H2,1-4H3. The van der Waals surface area contributed by atoms with Crippen LogP contribution in [0.5, 0.6) is 0 Å². The molecule has 4 aromatic rings. The van der Waals surface area contributed by atoms with Gasteiger partial charge in [0.2, 0.25) is 5.89 Å². The second-order valence-electron chi connectivity index (χ2n) is 7.51. The molecular weight excluding hydrogens is 379 g/mol. The Morgan fingerprint density at radius 1 is 0.967 bits per heavy atom. The van der Waals surface area contributed by atoms with E-state index in [0.29, 0.717) is 17.4 Å². The number of aryl methyl sites for hydroxylation is 2. The van der Waals surface area contributed by atoms with Gasteiger partial charge in [-0.25, -0.2) is 9.07 Å². The van der Waals surface area contributed by atoms with E-state index in [1.54, 1.807) is 13.0 Å². The predicted molar refractivity (Wildman–Crippen MR) is 115 cm³/mol. The highest BCUT2D eigenvalue weighted by Crippen LogP contribution is 2.33. The highest BCUT2D eigenvalue weighted by molar-refractivity contribution is 5.70. The lowest BCUT2D eigenvalue weighted by Gasteiger charge is -2.19. The molecule has 0 N–H and O–H groups in total. The largest absolute Gasteiger partial charge is 0.421 e. The average Bonchev–Trinajstić information content (AvgIpc) is 3.37. The molecule has 0 saturated carbocycles. The van der Waals surface area contributed by atoms with Gasteiger partial charge in [0.05, 0.1) is 16.9 Å². The van der Waals surface area contributed by atoms with Crippen molar-refractivity contribution < 1.29 is 8.81 Å². The Morgan fingerprint density at radius 2 is 1.70 bits per heavy atom. The smallest absolute Gasteiger partial charge is 0.250 e. The van der Waals surface area contributed by atoms with Crippen LogP contribution in [0.4, 0.5) is 4.39 Å². The molecule has 0 spiro atoms. The molecule has 154 valence electrons. The van der Waals surface area contributed by atoms with Crippen LogP contribution in [0.1, 0.15) is 49.8 Å². The summed E-state index contributed by atoms with van der Waals surface area (Å²) in [5, 5.41) is 12.3. The Balaban J connectivity index is 1.79. The maximum Gasteiger partial charge on any atom is 0.250 e. The molecule has 0 aliphatic carbocycles. The zero-order valence-electron chi connectivity index (χ0n) is 17.7. The molecule has 0 amide bonds. The summed E-state index contributed by atoms with van der Waals surface area (Å²) in [6.45, 7) is 8.06.